The van der Waals surface area contributed by atoms with E-state index in [1.807, 2.05) is 35.7 Å². The maximum Gasteiger partial charge on any atom is 0.261 e. The molecular formula is C17H14N4OS. The highest BCUT2D eigenvalue weighted by atomic mass is 32.1. The molecule has 0 unspecified atom stereocenters. The number of hydrogen-bond donors (Lipinski definition) is 2. The Morgan fingerprint density at radius 1 is 1.22 bits per heavy atom. The molecular weight excluding hydrogens is 308 g/mol. The van der Waals surface area contributed by atoms with Crippen LogP contribution in [0.3, 0.4) is 0 Å². The number of nitrogens with zero attached hydrogens (tertiary/aromatic N) is 2. The van der Waals surface area contributed by atoms with Crippen molar-refractivity contribution in [3.05, 3.63) is 58.4 Å². The maximum atomic E-state index is 11.9. The molecule has 0 aliphatic carbocycles. The number of benzene rings is 1. The fourth-order valence-electron chi connectivity index (χ4n) is 2.27. The lowest BCUT2D eigenvalue weighted by Gasteiger charge is -2.11. The Morgan fingerprint density at radius 2 is 2.09 bits per heavy atom. The van der Waals surface area contributed by atoms with E-state index in [4.69, 9.17) is 0 Å². The van der Waals surface area contributed by atoms with Gasteiger partial charge < -0.3 is 10.6 Å². The minimum atomic E-state index is -0.0816. The van der Waals surface area contributed by atoms with Gasteiger partial charge in [0.05, 0.1) is 21.6 Å². The summed E-state index contributed by atoms with van der Waals surface area (Å²) in [6, 6.07) is 13.4. The standard InChI is InChI=1S/C17H14N4OS/c18-10-12-11-21-14-5-2-1-4-13(14)16(12)19-7-8-20-17(22)15-6-3-9-23-15/h1-6,9,11H,7-8H2,(H,19,21)(H,20,22). The number of carbonyl (C=O) groups is 1. The fourth-order valence-corrected chi connectivity index (χ4v) is 2.92. The number of carbonyl (C=O) groups excluding carboxylic acids is 1. The van der Waals surface area contributed by atoms with E-state index in [0.717, 1.165) is 16.6 Å². The molecule has 23 heavy (non-hydrogen) atoms. The lowest BCUT2D eigenvalue weighted by molar-refractivity contribution is 0.0959. The summed E-state index contributed by atoms with van der Waals surface area (Å²) in [5.41, 5.74) is 2.08. The molecule has 0 fully saturated rings. The zero-order valence-corrected chi connectivity index (χ0v) is 13.1. The number of pyridine rings is 1. The van der Waals surface area contributed by atoms with Crippen LogP contribution in [0.4, 0.5) is 5.69 Å². The molecule has 0 atom stereocenters. The summed E-state index contributed by atoms with van der Waals surface area (Å²) >= 11 is 1.41. The van der Waals surface area contributed by atoms with E-state index in [9.17, 15) is 10.1 Å². The van der Waals surface area contributed by atoms with Gasteiger partial charge in [0.25, 0.3) is 5.91 Å². The zero-order chi connectivity index (χ0) is 16.1. The van der Waals surface area contributed by atoms with E-state index in [2.05, 4.69) is 21.7 Å². The van der Waals surface area contributed by atoms with Crippen LogP contribution < -0.4 is 10.6 Å². The minimum absolute atomic E-state index is 0.0816. The lowest BCUT2D eigenvalue weighted by atomic mass is 10.1. The van der Waals surface area contributed by atoms with Crippen molar-refractivity contribution >= 4 is 33.8 Å². The van der Waals surface area contributed by atoms with Crippen LogP contribution in [0.15, 0.2) is 48.0 Å². The van der Waals surface area contributed by atoms with Gasteiger partial charge in [0.2, 0.25) is 0 Å². The SMILES string of the molecule is N#Cc1cnc2ccccc2c1NCCNC(=O)c1cccs1. The summed E-state index contributed by atoms with van der Waals surface area (Å²) in [6.07, 6.45) is 1.56. The summed E-state index contributed by atoms with van der Waals surface area (Å²) in [6.45, 7) is 0.998. The maximum absolute atomic E-state index is 11.9. The molecule has 3 rings (SSSR count). The predicted octanol–water partition coefficient (Wildman–Crippen LogP) is 3.01. The van der Waals surface area contributed by atoms with Gasteiger partial charge in [-0.1, -0.05) is 24.3 Å². The molecule has 0 saturated heterocycles. The lowest BCUT2D eigenvalue weighted by Crippen LogP contribution is -2.28. The van der Waals surface area contributed by atoms with Gasteiger partial charge in [-0.05, 0) is 17.5 Å². The Bertz CT molecular complexity index is 868. The van der Waals surface area contributed by atoms with E-state index in [1.165, 1.54) is 11.3 Å². The number of thiophene rings is 1. The number of rotatable bonds is 5. The number of para-hydroxylation sites is 1. The van der Waals surface area contributed by atoms with Gasteiger partial charge in [0.1, 0.15) is 6.07 Å². The topological polar surface area (TPSA) is 77.8 Å². The molecule has 2 heterocycles. The fraction of sp³-hybridized carbons (Fsp3) is 0.118. The number of nitriles is 1. The molecule has 6 heteroatoms. The molecule has 0 spiro atoms. The van der Waals surface area contributed by atoms with Gasteiger partial charge in [0.15, 0.2) is 0 Å². The highest BCUT2D eigenvalue weighted by molar-refractivity contribution is 7.12. The number of anilines is 1. The average molecular weight is 322 g/mol. The van der Waals surface area contributed by atoms with Crippen LogP contribution in [0, 0.1) is 11.3 Å². The highest BCUT2D eigenvalue weighted by Gasteiger charge is 2.09. The molecule has 1 aromatic carbocycles. The van der Waals surface area contributed by atoms with Crippen LogP contribution >= 0.6 is 11.3 Å². The van der Waals surface area contributed by atoms with Gasteiger partial charge in [-0.15, -0.1) is 11.3 Å². The number of aromatic nitrogens is 1. The molecule has 0 aliphatic heterocycles. The van der Waals surface area contributed by atoms with Crippen molar-refractivity contribution < 1.29 is 4.79 Å². The van der Waals surface area contributed by atoms with Crippen molar-refractivity contribution in [1.29, 1.82) is 5.26 Å². The number of fused-ring (bicyclic) bond motifs is 1. The van der Waals surface area contributed by atoms with E-state index in [-0.39, 0.29) is 5.91 Å². The Morgan fingerprint density at radius 3 is 2.87 bits per heavy atom. The molecule has 1 amide bonds. The Balaban J connectivity index is 1.67. The van der Waals surface area contributed by atoms with E-state index in [1.54, 1.807) is 12.3 Å². The van der Waals surface area contributed by atoms with Crippen molar-refractivity contribution in [3.63, 3.8) is 0 Å². The van der Waals surface area contributed by atoms with Crippen LogP contribution in [0.2, 0.25) is 0 Å². The number of nitrogens with one attached hydrogen (secondary N) is 2. The second kappa shape index (κ2) is 6.90. The first-order valence-electron chi connectivity index (χ1n) is 7.13. The third-order valence-corrected chi connectivity index (χ3v) is 4.22. The van der Waals surface area contributed by atoms with Gasteiger partial charge in [-0.3, -0.25) is 9.78 Å². The predicted molar refractivity (Wildman–Crippen MR) is 91.6 cm³/mol. The second-order valence-electron chi connectivity index (χ2n) is 4.84. The van der Waals surface area contributed by atoms with Gasteiger partial charge in [0, 0.05) is 24.7 Å². The van der Waals surface area contributed by atoms with Gasteiger partial charge >= 0.3 is 0 Å². The van der Waals surface area contributed by atoms with Crippen LogP contribution in [-0.2, 0) is 0 Å². The van der Waals surface area contributed by atoms with Gasteiger partial charge in [-0.2, -0.15) is 5.26 Å². The van der Waals surface area contributed by atoms with E-state index < -0.39 is 0 Å². The second-order valence-corrected chi connectivity index (χ2v) is 5.78. The third kappa shape index (κ3) is 3.30. The number of hydrogen-bond acceptors (Lipinski definition) is 5. The molecule has 3 aromatic rings. The van der Waals surface area contributed by atoms with Crippen molar-refractivity contribution in [2.24, 2.45) is 0 Å². The smallest absolute Gasteiger partial charge is 0.261 e. The average Bonchev–Trinajstić information content (AvgIpc) is 3.13. The largest absolute Gasteiger partial charge is 0.382 e. The van der Waals surface area contributed by atoms with Crippen LogP contribution in [0.5, 0.6) is 0 Å². The first-order chi connectivity index (χ1) is 11.3. The normalized spacial score (nSPS) is 10.2. The van der Waals surface area contributed by atoms with Crippen LogP contribution in [-0.4, -0.2) is 24.0 Å². The summed E-state index contributed by atoms with van der Waals surface area (Å²) in [5, 5.41) is 18.1. The molecule has 5 nitrogen and oxygen atoms in total. The molecule has 0 bridgehead atoms. The number of amides is 1. The van der Waals surface area contributed by atoms with E-state index in [0.29, 0.717) is 23.5 Å². The van der Waals surface area contributed by atoms with Gasteiger partial charge in [-0.25, -0.2) is 0 Å². The highest BCUT2D eigenvalue weighted by Crippen LogP contribution is 2.24. The van der Waals surface area contributed by atoms with Crippen molar-refractivity contribution in [1.82, 2.24) is 10.3 Å². The third-order valence-electron chi connectivity index (χ3n) is 3.35. The summed E-state index contributed by atoms with van der Waals surface area (Å²) in [5.74, 6) is -0.0816. The molecule has 2 N–H and O–H groups in total. The first-order valence-corrected chi connectivity index (χ1v) is 8.01. The van der Waals surface area contributed by atoms with Crippen LogP contribution in [0.1, 0.15) is 15.2 Å². The molecule has 0 saturated carbocycles. The zero-order valence-electron chi connectivity index (χ0n) is 12.2. The summed E-state index contributed by atoms with van der Waals surface area (Å²) in [4.78, 5) is 16.8. The Hall–Kier alpha value is -2.91. The van der Waals surface area contributed by atoms with Crippen LogP contribution in [0.25, 0.3) is 10.9 Å². The molecule has 0 radical (unpaired) electrons. The van der Waals surface area contributed by atoms with Crippen molar-refractivity contribution in [3.8, 4) is 6.07 Å². The molecule has 2 aromatic heterocycles. The molecule has 0 aliphatic rings. The molecule has 114 valence electrons. The van der Waals surface area contributed by atoms with Crippen molar-refractivity contribution in [2.45, 2.75) is 0 Å². The quantitative estimate of drug-likeness (QED) is 0.708. The summed E-state index contributed by atoms with van der Waals surface area (Å²) < 4.78 is 0. The van der Waals surface area contributed by atoms with E-state index >= 15 is 0 Å². The van der Waals surface area contributed by atoms with Crippen molar-refractivity contribution in [2.75, 3.05) is 18.4 Å². The Labute approximate surface area is 137 Å². The first kappa shape index (κ1) is 15.0. The Kier molecular flexibility index (Phi) is 4.50. The monoisotopic (exact) mass is 322 g/mol. The summed E-state index contributed by atoms with van der Waals surface area (Å²) in [7, 11) is 0. The minimum Gasteiger partial charge on any atom is -0.382 e.